The van der Waals surface area contributed by atoms with Crippen LogP contribution in [0.1, 0.15) is 41.3 Å². The van der Waals surface area contributed by atoms with E-state index in [0.29, 0.717) is 22.0 Å². The van der Waals surface area contributed by atoms with Crippen molar-refractivity contribution in [2.45, 2.75) is 31.6 Å². The number of anilines is 2. The maximum atomic E-state index is 13.2. The molecule has 1 amide bonds. The standard InChI is InChI=1S/C24H25ClN2O4S/c1-15(2)20-7-5-6-16(3)23(20)27-32(29,30)19-12-13-22(31-4)21(14-19)26-24(28)17-8-10-18(25)11-9-17/h5-15,27H,1-4H3,(H,26,28). The lowest BCUT2D eigenvalue weighted by atomic mass is 9.99. The summed E-state index contributed by atoms with van der Waals surface area (Å²) < 4.78 is 34.4. The van der Waals surface area contributed by atoms with Crippen molar-refractivity contribution >= 4 is 38.9 Å². The second kappa shape index (κ2) is 9.63. The summed E-state index contributed by atoms with van der Waals surface area (Å²) in [6.45, 7) is 5.87. The van der Waals surface area contributed by atoms with Crippen LogP contribution in [0.3, 0.4) is 0 Å². The van der Waals surface area contributed by atoms with Gasteiger partial charge in [-0.15, -0.1) is 0 Å². The normalized spacial score (nSPS) is 11.3. The van der Waals surface area contributed by atoms with Gasteiger partial charge < -0.3 is 10.1 Å². The van der Waals surface area contributed by atoms with Crippen LogP contribution in [0, 0.1) is 6.92 Å². The first-order valence-electron chi connectivity index (χ1n) is 9.99. The molecule has 8 heteroatoms. The molecule has 0 fully saturated rings. The Kier molecular flexibility index (Phi) is 7.11. The van der Waals surface area contributed by atoms with Crippen molar-refractivity contribution in [3.05, 3.63) is 82.4 Å². The second-order valence-electron chi connectivity index (χ2n) is 7.62. The second-order valence-corrected chi connectivity index (χ2v) is 9.74. The van der Waals surface area contributed by atoms with Crippen LogP contribution in [0.4, 0.5) is 11.4 Å². The van der Waals surface area contributed by atoms with E-state index in [-0.39, 0.29) is 16.5 Å². The Balaban J connectivity index is 1.95. The third-order valence-electron chi connectivity index (χ3n) is 5.00. The number of benzene rings is 3. The molecular weight excluding hydrogens is 448 g/mol. The zero-order valence-corrected chi connectivity index (χ0v) is 19.8. The van der Waals surface area contributed by atoms with Crippen LogP contribution in [-0.4, -0.2) is 21.4 Å². The highest BCUT2D eigenvalue weighted by molar-refractivity contribution is 7.92. The van der Waals surface area contributed by atoms with E-state index in [0.717, 1.165) is 11.1 Å². The first-order valence-corrected chi connectivity index (χ1v) is 11.9. The van der Waals surface area contributed by atoms with Crippen molar-refractivity contribution in [1.29, 1.82) is 0 Å². The molecule has 32 heavy (non-hydrogen) atoms. The molecule has 0 aliphatic rings. The minimum Gasteiger partial charge on any atom is -0.495 e. The van der Waals surface area contributed by atoms with Gasteiger partial charge in [-0.3, -0.25) is 9.52 Å². The number of nitrogens with one attached hydrogen (secondary N) is 2. The Morgan fingerprint density at radius 3 is 2.34 bits per heavy atom. The Hall–Kier alpha value is -3.03. The third-order valence-corrected chi connectivity index (χ3v) is 6.60. The van der Waals surface area contributed by atoms with Crippen molar-refractivity contribution in [1.82, 2.24) is 0 Å². The minimum absolute atomic E-state index is 0.00247. The van der Waals surface area contributed by atoms with Crippen LogP contribution in [-0.2, 0) is 10.0 Å². The molecule has 0 aliphatic carbocycles. The van der Waals surface area contributed by atoms with Gasteiger partial charge in [0, 0.05) is 10.6 Å². The predicted octanol–water partition coefficient (Wildman–Crippen LogP) is 5.83. The average Bonchev–Trinajstić information content (AvgIpc) is 2.75. The fraction of sp³-hybridized carbons (Fsp3) is 0.208. The highest BCUT2D eigenvalue weighted by atomic mass is 35.5. The molecule has 0 saturated heterocycles. The fourth-order valence-corrected chi connectivity index (χ4v) is 4.56. The van der Waals surface area contributed by atoms with E-state index in [2.05, 4.69) is 10.0 Å². The summed E-state index contributed by atoms with van der Waals surface area (Å²) in [5.74, 6) is 0.0613. The zero-order valence-electron chi connectivity index (χ0n) is 18.3. The summed E-state index contributed by atoms with van der Waals surface area (Å²) >= 11 is 5.88. The molecule has 3 aromatic rings. The smallest absolute Gasteiger partial charge is 0.261 e. The minimum atomic E-state index is -3.92. The van der Waals surface area contributed by atoms with Crippen LogP contribution in [0.2, 0.25) is 5.02 Å². The molecule has 0 unspecified atom stereocenters. The molecular formula is C24H25ClN2O4S. The van der Waals surface area contributed by atoms with Gasteiger partial charge in [-0.05, 0) is 66.4 Å². The molecule has 3 aromatic carbocycles. The van der Waals surface area contributed by atoms with Gasteiger partial charge in [-0.1, -0.05) is 43.6 Å². The van der Waals surface area contributed by atoms with Crippen molar-refractivity contribution in [2.24, 2.45) is 0 Å². The highest BCUT2D eigenvalue weighted by Crippen LogP contribution is 2.32. The third kappa shape index (κ3) is 5.23. The van der Waals surface area contributed by atoms with Crippen LogP contribution >= 0.6 is 11.6 Å². The number of sulfonamides is 1. The number of hydrogen-bond acceptors (Lipinski definition) is 4. The quantitative estimate of drug-likeness (QED) is 0.452. The lowest BCUT2D eigenvalue weighted by molar-refractivity contribution is 0.102. The number of hydrogen-bond donors (Lipinski definition) is 2. The van der Waals surface area contributed by atoms with E-state index in [1.54, 1.807) is 24.3 Å². The van der Waals surface area contributed by atoms with Gasteiger partial charge in [0.05, 0.1) is 23.4 Å². The van der Waals surface area contributed by atoms with E-state index in [1.165, 1.54) is 25.3 Å². The number of ether oxygens (including phenoxy) is 1. The molecule has 0 atom stereocenters. The maximum absolute atomic E-state index is 13.2. The van der Waals surface area contributed by atoms with E-state index >= 15 is 0 Å². The van der Waals surface area contributed by atoms with Gasteiger partial charge >= 0.3 is 0 Å². The zero-order chi connectivity index (χ0) is 23.5. The average molecular weight is 473 g/mol. The number of rotatable bonds is 7. The highest BCUT2D eigenvalue weighted by Gasteiger charge is 2.21. The van der Waals surface area contributed by atoms with Gasteiger partial charge in [0.25, 0.3) is 15.9 Å². The van der Waals surface area contributed by atoms with Crippen LogP contribution in [0.25, 0.3) is 0 Å². The molecule has 0 spiro atoms. The van der Waals surface area contributed by atoms with Gasteiger partial charge in [0.2, 0.25) is 0 Å². The van der Waals surface area contributed by atoms with Gasteiger partial charge in [-0.2, -0.15) is 0 Å². The molecule has 0 aliphatic heterocycles. The van der Waals surface area contributed by atoms with Crippen molar-refractivity contribution < 1.29 is 17.9 Å². The SMILES string of the molecule is COc1ccc(S(=O)(=O)Nc2c(C)cccc2C(C)C)cc1NC(=O)c1ccc(Cl)cc1. The molecule has 2 N–H and O–H groups in total. The van der Waals surface area contributed by atoms with Crippen molar-refractivity contribution in [2.75, 3.05) is 17.1 Å². The van der Waals surface area contributed by atoms with Gasteiger partial charge in [0.15, 0.2) is 0 Å². The summed E-state index contributed by atoms with van der Waals surface area (Å²) in [6, 6.07) is 16.4. The monoisotopic (exact) mass is 472 g/mol. The number of methoxy groups -OCH3 is 1. The van der Waals surface area contributed by atoms with Crippen molar-refractivity contribution in [3.8, 4) is 5.75 Å². The van der Waals surface area contributed by atoms with Gasteiger partial charge in [-0.25, -0.2) is 8.42 Å². The first-order chi connectivity index (χ1) is 15.1. The lowest BCUT2D eigenvalue weighted by Gasteiger charge is -2.18. The van der Waals surface area contributed by atoms with Crippen molar-refractivity contribution in [3.63, 3.8) is 0 Å². The van der Waals surface area contributed by atoms with Gasteiger partial charge in [0.1, 0.15) is 5.75 Å². The molecule has 3 rings (SSSR count). The Morgan fingerprint density at radius 1 is 1.03 bits per heavy atom. The van der Waals surface area contributed by atoms with E-state index in [1.807, 2.05) is 39.0 Å². The maximum Gasteiger partial charge on any atom is 0.261 e. The molecule has 168 valence electrons. The Morgan fingerprint density at radius 2 is 1.72 bits per heavy atom. The number of halogens is 1. The summed E-state index contributed by atoms with van der Waals surface area (Å²) in [5.41, 5.74) is 2.90. The summed E-state index contributed by atoms with van der Waals surface area (Å²) in [7, 11) is -2.47. The van der Waals surface area contributed by atoms with Crippen LogP contribution in [0.5, 0.6) is 5.75 Å². The van der Waals surface area contributed by atoms with E-state index < -0.39 is 15.9 Å². The van der Waals surface area contributed by atoms with Crippen LogP contribution < -0.4 is 14.8 Å². The molecule has 0 bridgehead atoms. The molecule has 0 radical (unpaired) electrons. The molecule has 0 heterocycles. The molecule has 0 aromatic heterocycles. The summed E-state index contributed by atoms with van der Waals surface area (Å²) in [4.78, 5) is 12.6. The Labute approximate surface area is 193 Å². The first kappa shape index (κ1) is 23.6. The molecule has 6 nitrogen and oxygen atoms in total. The molecule has 0 saturated carbocycles. The van der Waals surface area contributed by atoms with E-state index in [9.17, 15) is 13.2 Å². The van der Waals surface area contributed by atoms with E-state index in [4.69, 9.17) is 16.3 Å². The lowest BCUT2D eigenvalue weighted by Crippen LogP contribution is -2.17. The number of carbonyl (C=O) groups excluding carboxylic acids is 1. The largest absolute Gasteiger partial charge is 0.495 e. The summed E-state index contributed by atoms with van der Waals surface area (Å²) in [5, 5.41) is 3.22. The summed E-state index contributed by atoms with van der Waals surface area (Å²) in [6.07, 6.45) is 0. The fourth-order valence-electron chi connectivity index (χ4n) is 3.25. The number of para-hydroxylation sites is 1. The predicted molar refractivity (Wildman–Crippen MR) is 128 cm³/mol. The Bertz CT molecular complexity index is 1240. The number of amides is 1. The number of aryl methyl sites for hydroxylation is 1. The topological polar surface area (TPSA) is 84.5 Å². The number of carbonyl (C=O) groups is 1. The van der Waals surface area contributed by atoms with Crippen LogP contribution in [0.15, 0.2) is 65.6 Å².